The lowest BCUT2D eigenvalue weighted by atomic mass is 10.6. The largest absolute Gasteiger partial charge is 0.305 e. The molecule has 0 bridgehead atoms. The molecule has 0 amide bonds. The second-order valence-corrected chi connectivity index (χ2v) is 8.26. The molecule has 3 nitrogen and oxygen atoms in total. The van der Waals surface area contributed by atoms with E-state index in [1.165, 1.54) is 0 Å². The van der Waals surface area contributed by atoms with E-state index in [1.807, 2.05) is 20.8 Å². The molecule has 0 fully saturated rings. The van der Waals surface area contributed by atoms with Gasteiger partial charge in [-0.15, -0.1) is 0 Å². The fourth-order valence-corrected chi connectivity index (χ4v) is 5.71. The third-order valence-corrected chi connectivity index (χ3v) is 6.55. The van der Waals surface area contributed by atoms with Gasteiger partial charge in [-0.25, -0.2) is 0 Å². The Morgan fingerprint density at radius 1 is 0.857 bits per heavy atom. The van der Waals surface area contributed by atoms with Gasteiger partial charge in [0.15, 0.2) is 8.95 Å². The standard InChI is InChI=1S/C9H22O3SSi/c1-5-9-13(14,10-6-2,11-7-3)12-8-4/h5-9H2,1-4H3. The molecule has 0 unspecified atom stereocenters. The number of rotatable bonds is 8. The Kier molecular flexibility index (Phi) is 6.32. The molecule has 0 aromatic heterocycles. The maximum Gasteiger partial charge on any atom is 0.153 e. The van der Waals surface area contributed by atoms with Gasteiger partial charge in [-0.3, -0.25) is 0 Å². The zero-order valence-electron chi connectivity index (χ0n) is 9.67. The molecule has 2 radical (unpaired) electrons. The quantitative estimate of drug-likeness (QED) is 0.609. The first kappa shape index (κ1) is 14.4. The third kappa shape index (κ3) is 3.90. The molecule has 0 saturated heterocycles. The molecule has 0 aliphatic rings. The van der Waals surface area contributed by atoms with Crippen molar-refractivity contribution in [3.05, 3.63) is 0 Å². The summed E-state index contributed by atoms with van der Waals surface area (Å²) in [5.74, 6) is 0.767. The van der Waals surface area contributed by atoms with E-state index >= 15 is 0 Å². The van der Waals surface area contributed by atoms with E-state index in [2.05, 4.69) is 15.9 Å². The molecule has 0 saturated carbocycles. The molecule has 0 rings (SSSR count). The van der Waals surface area contributed by atoms with Crippen molar-refractivity contribution >= 4 is 18.0 Å². The highest BCUT2D eigenvalue weighted by Gasteiger charge is 2.29. The average molecular weight is 238 g/mol. The van der Waals surface area contributed by atoms with Gasteiger partial charge >= 0.3 is 0 Å². The van der Waals surface area contributed by atoms with Gasteiger partial charge in [0, 0.05) is 5.75 Å². The zero-order valence-corrected chi connectivity index (χ0v) is 11.5. The van der Waals surface area contributed by atoms with Crippen LogP contribution < -0.4 is 0 Å². The molecule has 0 heterocycles. The zero-order chi connectivity index (χ0) is 11.1. The third-order valence-electron chi connectivity index (χ3n) is 1.63. The molecular formula is C9H22O3SSi. The Morgan fingerprint density at radius 3 is 1.43 bits per heavy atom. The Bertz CT molecular complexity index is 173. The molecule has 0 spiro atoms. The molecule has 0 aromatic rings. The van der Waals surface area contributed by atoms with Crippen LogP contribution in [0.25, 0.3) is 0 Å². The van der Waals surface area contributed by atoms with E-state index < -0.39 is 9.00 Å². The van der Waals surface area contributed by atoms with Crippen LogP contribution in [0.3, 0.4) is 0 Å². The predicted octanol–water partition coefficient (Wildman–Crippen LogP) is 2.67. The smallest absolute Gasteiger partial charge is 0.153 e. The van der Waals surface area contributed by atoms with Gasteiger partial charge in [0.1, 0.15) is 0 Å². The summed E-state index contributed by atoms with van der Waals surface area (Å²) in [6.45, 7) is 9.70. The summed E-state index contributed by atoms with van der Waals surface area (Å²) in [6.07, 6.45) is 0.964. The maximum absolute atomic E-state index is 5.72. The fourth-order valence-electron chi connectivity index (χ4n) is 1.35. The average Bonchev–Trinajstić information content (AvgIpc) is 2.05. The lowest BCUT2D eigenvalue weighted by Crippen LogP contribution is -2.23. The molecule has 0 aromatic carbocycles. The highest BCUT2D eigenvalue weighted by atomic mass is 32.4. The van der Waals surface area contributed by atoms with Crippen LogP contribution in [0.5, 0.6) is 0 Å². The van der Waals surface area contributed by atoms with E-state index in [0.29, 0.717) is 19.8 Å². The normalized spacial score (nSPS) is 15.0. The lowest BCUT2D eigenvalue weighted by molar-refractivity contribution is 0.181. The van der Waals surface area contributed by atoms with Gasteiger partial charge in [0.25, 0.3) is 0 Å². The SMILES string of the molecule is CCCS(=[Si])(OCC)(OCC)OCC. The highest BCUT2D eigenvalue weighted by Crippen LogP contribution is 2.60. The van der Waals surface area contributed by atoms with Crippen LogP contribution in [-0.4, -0.2) is 34.5 Å². The van der Waals surface area contributed by atoms with Crippen LogP contribution in [0, 0.1) is 0 Å². The van der Waals surface area contributed by atoms with E-state index in [4.69, 9.17) is 12.5 Å². The summed E-state index contributed by atoms with van der Waals surface area (Å²) in [5.41, 5.74) is 0. The second kappa shape index (κ2) is 6.12. The minimum atomic E-state index is -2.70. The van der Waals surface area contributed by atoms with Crippen molar-refractivity contribution in [1.29, 1.82) is 0 Å². The summed E-state index contributed by atoms with van der Waals surface area (Å²) >= 11 is 0. The van der Waals surface area contributed by atoms with Crippen LogP contribution in [0.1, 0.15) is 34.1 Å². The molecule has 14 heavy (non-hydrogen) atoms. The van der Waals surface area contributed by atoms with Crippen LogP contribution >= 0.6 is 9.00 Å². The molecule has 5 heteroatoms. The first-order chi connectivity index (χ1) is 6.54. The van der Waals surface area contributed by atoms with Gasteiger partial charge in [0.2, 0.25) is 0 Å². The first-order valence-electron chi connectivity index (χ1n) is 5.19. The Balaban J connectivity index is 4.80. The second-order valence-electron chi connectivity index (χ2n) is 2.88. The monoisotopic (exact) mass is 238 g/mol. The van der Waals surface area contributed by atoms with Gasteiger partial charge in [-0.2, -0.15) is 0 Å². The topological polar surface area (TPSA) is 27.7 Å². The van der Waals surface area contributed by atoms with Crippen molar-refractivity contribution in [3.8, 4) is 0 Å². The van der Waals surface area contributed by atoms with Gasteiger partial charge in [-0.05, 0) is 36.2 Å². The number of hydrogen-bond donors (Lipinski definition) is 0. The summed E-state index contributed by atoms with van der Waals surface area (Å²) in [4.78, 5) is 0. The lowest BCUT2D eigenvalue weighted by Gasteiger charge is -2.47. The number of hydrogen-bond acceptors (Lipinski definition) is 3. The van der Waals surface area contributed by atoms with Crippen molar-refractivity contribution < 1.29 is 12.5 Å². The molecule has 0 atom stereocenters. The predicted molar refractivity (Wildman–Crippen MR) is 63.4 cm³/mol. The molecule has 0 aliphatic carbocycles. The van der Waals surface area contributed by atoms with Gasteiger partial charge < -0.3 is 12.5 Å². The van der Waals surface area contributed by atoms with Crippen molar-refractivity contribution in [1.82, 2.24) is 0 Å². The van der Waals surface area contributed by atoms with Crippen LogP contribution in [-0.2, 0) is 12.5 Å². The Morgan fingerprint density at radius 2 is 1.21 bits per heavy atom. The van der Waals surface area contributed by atoms with E-state index in [9.17, 15) is 0 Å². The van der Waals surface area contributed by atoms with E-state index in [-0.39, 0.29) is 0 Å². The van der Waals surface area contributed by atoms with E-state index in [0.717, 1.165) is 12.2 Å². The Hall–Kier alpha value is 0.447. The molecule has 86 valence electrons. The van der Waals surface area contributed by atoms with Crippen molar-refractivity contribution in [3.63, 3.8) is 0 Å². The fraction of sp³-hybridized carbons (Fsp3) is 1.00. The first-order valence-corrected chi connectivity index (χ1v) is 8.40. The molecular weight excluding hydrogens is 216 g/mol. The highest BCUT2D eigenvalue weighted by molar-refractivity contribution is 8.39. The van der Waals surface area contributed by atoms with Gasteiger partial charge in [-0.1, -0.05) is 6.92 Å². The van der Waals surface area contributed by atoms with Crippen molar-refractivity contribution in [2.24, 2.45) is 0 Å². The van der Waals surface area contributed by atoms with Crippen LogP contribution in [0.15, 0.2) is 0 Å². The van der Waals surface area contributed by atoms with Crippen LogP contribution in [0.2, 0.25) is 0 Å². The van der Waals surface area contributed by atoms with Crippen molar-refractivity contribution in [2.75, 3.05) is 25.6 Å². The van der Waals surface area contributed by atoms with Crippen LogP contribution in [0.4, 0.5) is 0 Å². The summed E-state index contributed by atoms with van der Waals surface area (Å²) in [7, 11) is 0.932. The summed E-state index contributed by atoms with van der Waals surface area (Å²) in [6, 6.07) is 0. The van der Waals surface area contributed by atoms with Crippen molar-refractivity contribution in [2.45, 2.75) is 34.1 Å². The van der Waals surface area contributed by atoms with Gasteiger partial charge in [0.05, 0.1) is 19.8 Å². The Labute approximate surface area is 90.6 Å². The maximum atomic E-state index is 5.72. The van der Waals surface area contributed by atoms with E-state index in [1.54, 1.807) is 0 Å². The minimum Gasteiger partial charge on any atom is -0.305 e. The summed E-state index contributed by atoms with van der Waals surface area (Å²) in [5, 5.41) is 0. The minimum absolute atomic E-state index is 0.589. The summed E-state index contributed by atoms with van der Waals surface area (Å²) < 4.78 is 17.1. The molecule has 0 aliphatic heterocycles. The molecule has 0 N–H and O–H groups in total.